The zero-order valence-corrected chi connectivity index (χ0v) is 34.3. The molecule has 11 aromatic rings. The van der Waals surface area contributed by atoms with Crippen LogP contribution in [0.4, 0.5) is 34.1 Å². The van der Waals surface area contributed by atoms with E-state index in [0.29, 0.717) is 0 Å². The van der Waals surface area contributed by atoms with E-state index in [4.69, 9.17) is 0 Å². The molecule has 11 aromatic carbocycles. The number of hydrogen-bond acceptors (Lipinski definition) is 2. The maximum Gasteiger partial charge on any atom is 0.252 e. The Labute approximate surface area is 356 Å². The minimum atomic E-state index is 0.0572. The highest BCUT2D eigenvalue weighted by atomic mass is 15.2. The molecular formula is C58H41BN2. The fraction of sp³-hybridized carbons (Fsp3) is 0.0690. The summed E-state index contributed by atoms with van der Waals surface area (Å²) in [6.07, 6.45) is 1.95. The van der Waals surface area contributed by atoms with Crippen molar-refractivity contribution >= 4 is 122 Å². The van der Waals surface area contributed by atoms with Crippen LogP contribution in [0.15, 0.2) is 188 Å². The third kappa shape index (κ3) is 4.75. The van der Waals surface area contributed by atoms with Gasteiger partial charge in [0.1, 0.15) is 0 Å². The first-order valence-electron chi connectivity index (χ1n) is 21.8. The predicted octanol–water partition coefficient (Wildman–Crippen LogP) is 13.8. The van der Waals surface area contributed by atoms with Crippen LogP contribution in [0.3, 0.4) is 0 Å². The second-order valence-electron chi connectivity index (χ2n) is 16.9. The molecule has 286 valence electrons. The van der Waals surface area contributed by atoms with E-state index in [-0.39, 0.29) is 6.71 Å². The largest absolute Gasteiger partial charge is 0.311 e. The van der Waals surface area contributed by atoms with Crippen molar-refractivity contribution in [3.8, 4) is 0 Å². The quantitative estimate of drug-likeness (QED) is 0.130. The van der Waals surface area contributed by atoms with E-state index in [1.54, 1.807) is 0 Å². The second kappa shape index (κ2) is 13.1. The molecule has 0 amide bonds. The van der Waals surface area contributed by atoms with Crippen molar-refractivity contribution in [2.75, 3.05) is 9.80 Å². The average molecular weight is 777 g/mol. The number of aryl methyl sites for hydroxylation is 2. The Hall–Kier alpha value is -7.36. The van der Waals surface area contributed by atoms with Crippen LogP contribution >= 0.6 is 0 Å². The van der Waals surface area contributed by atoms with Gasteiger partial charge in [-0.25, -0.2) is 0 Å². The number of hydrogen-bond donors (Lipinski definition) is 0. The third-order valence-electron chi connectivity index (χ3n) is 13.9. The van der Waals surface area contributed by atoms with Gasteiger partial charge in [-0.15, -0.1) is 0 Å². The molecule has 2 heterocycles. The van der Waals surface area contributed by atoms with E-state index in [0.717, 1.165) is 12.8 Å². The summed E-state index contributed by atoms with van der Waals surface area (Å²) in [5.74, 6) is 0. The fourth-order valence-corrected chi connectivity index (χ4v) is 11.2. The van der Waals surface area contributed by atoms with Gasteiger partial charge < -0.3 is 9.80 Å². The molecule has 0 saturated heterocycles. The van der Waals surface area contributed by atoms with Crippen LogP contribution in [0.2, 0.25) is 0 Å². The first kappa shape index (κ1) is 34.5. The highest BCUT2D eigenvalue weighted by Crippen LogP contribution is 2.50. The van der Waals surface area contributed by atoms with Crippen molar-refractivity contribution in [3.05, 3.63) is 199 Å². The molecule has 0 fully saturated rings. The maximum absolute atomic E-state index is 2.60. The lowest BCUT2D eigenvalue weighted by atomic mass is 9.33. The van der Waals surface area contributed by atoms with Crippen molar-refractivity contribution < 1.29 is 0 Å². The molecule has 2 aliphatic heterocycles. The molecule has 0 radical (unpaired) electrons. The second-order valence-corrected chi connectivity index (χ2v) is 16.9. The van der Waals surface area contributed by atoms with E-state index in [1.165, 1.54) is 126 Å². The lowest BCUT2D eigenvalue weighted by Gasteiger charge is -2.44. The molecule has 0 N–H and O–H groups in total. The van der Waals surface area contributed by atoms with E-state index in [9.17, 15) is 0 Å². The van der Waals surface area contributed by atoms with Crippen LogP contribution in [0.25, 0.3) is 64.6 Å². The van der Waals surface area contributed by atoms with E-state index < -0.39 is 0 Å². The van der Waals surface area contributed by atoms with Crippen LogP contribution in [0, 0.1) is 0 Å². The molecular weight excluding hydrogens is 735 g/mol. The predicted molar refractivity (Wildman–Crippen MR) is 264 cm³/mol. The average Bonchev–Trinajstić information content (AvgIpc) is 3.33. The summed E-state index contributed by atoms with van der Waals surface area (Å²) >= 11 is 0. The van der Waals surface area contributed by atoms with Crippen LogP contribution in [0.1, 0.15) is 25.0 Å². The molecule has 0 bridgehead atoms. The first-order valence-corrected chi connectivity index (χ1v) is 21.8. The van der Waals surface area contributed by atoms with Gasteiger partial charge in [-0.05, 0) is 131 Å². The standard InChI is InChI=1S/C58H41BN2/c1-3-36-30-32-50-48(34-36)59-49-35-37(4-2)31-33-51(49)61(53-27-14-25-47-43-19-8-6-17-39(43)41-21-10-12-23-45(41)57(47)53)55-29-15-28-54(58(55)59)60(50)52-26-13-24-46-42-18-7-5-16-38(42)40-20-9-11-22-44(40)56(46)52/h5-35H,3-4H2,1-2H3. The Morgan fingerprint density at radius 1 is 0.311 bits per heavy atom. The zero-order chi connectivity index (χ0) is 40.3. The zero-order valence-electron chi connectivity index (χ0n) is 34.3. The van der Waals surface area contributed by atoms with Gasteiger partial charge in [-0.1, -0.05) is 166 Å². The topological polar surface area (TPSA) is 6.48 Å². The van der Waals surface area contributed by atoms with Gasteiger partial charge in [-0.3, -0.25) is 0 Å². The molecule has 0 spiro atoms. The van der Waals surface area contributed by atoms with Gasteiger partial charge in [-0.2, -0.15) is 0 Å². The first-order chi connectivity index (χ1) is 30.2. The van der Waals surface area contributed by atoms with E-state index >= 15 is 0 Å². The van der Waals surface area contributed by atoms with Gasteiger partial charge in [0, 0.05) is 33.5 Å². The van der Waals surface area contributed by atoms with Gasteiger partial charge in [0.25, 0.3) is 6.71 Å². The number of rotatable bonds is 4. The van der Waals surface area contributed by atoms with Crippen LogP contribution in [0.5, 0.6) is 0 Å². The molecule has 0 saturated carbocycles. The molecule has 3 heteroatoms. The Kier molecular flexibility index (Phi) is 7.39. The van der Waals surface area contributed by atoms with Crippen LogP contribution in [-0.2, 0) is 12.8 Å². The van der Waals surface area contributed by atoms with Crippen LogP contribution in [-0.4, -0.2) is 6.71 Å². The monoisotopic (exact) mass is 776 g/mol. The summed E-state index contributed by atoms with van der Waals surface area (Å²) in [6.45, 7) is 4.62. The van der Waals surface area contributed by atoms with Crippen molar-refractivity contribution in [1.29, 1.82) is 0 Å². The summed E-state index contributed by atoms with van der Waals surface area (Å²) < 4.78 is 0. The molecule has 0 unspecified atom stereocenters. The molecule has 13 rings (SSSR count). The molecule has 2 nitrogen and oxygen atoms in total. The van der Waals surface area contributed by atoms with Gasteiger partial charge >= 0.3 is 0 Å². The lowest BCUT2D eigenvalue weighted by molar-refractivity contribution is 1.14. The van der Waals surface area contributed by atoms with Crippen molar-refractivity contribution in [1.82, 2.24) is 0 Å². The third-order valence-corrected chi connectivity index (χ3v) is 13.9. The van der Waals surface area contributed by atoms with Crippen molar-refractivity contribution in [2.45, 2.75) is 26.7 Å². The SMILES string of the molecule is CCc1ccc2c(c1)B1c3cc(CC)ccc3N(c3cccc4c5ccccc5c5ccccc5c34)c3cccc(c31)N2c1cccc2c3ccccc3c3ccccc3c12. The minimum Gasteiger partial charge on any atom is -0.311 e. The Bertz CT molecular complexity index is 3330. The highest BCUT2D eigenvalue weighted by molar-refractivity contribution is 7.00. The number of nitrogens with zero attached hydrogens (tertiary/aromatic N) is 2. The summed E-state index contributed by atoms with van der Waals surface area (Å²) in [5.41, 5.74) is 14.2. The lowest BCUT2D eigenvalue weighted by Crippen LogP contribution is -2.61. The van der Waals surface area contributed by atoms with E-state index in [2.05, 4.69) is 212 Å². The van der Waals surface area contributed by atoms with Crippen molar-refractivity contribution in [3.63, 3.8) is 0 Å². The number of anilines is 6. The van der Waals surface area contributed by atoms with Crippen LogP contribution < -0.4 is 26.2 Å². The summed E-state index contributed by atoms with van der Waals surface area (Å²) in [4.78, 5) is 5.21. The molecule has 2 aliphatic rings. The van der Waals surface area contributed by atoms with Gasteiger partial charge in [0.2, 0.25) is 0 Å². The maximum atomic E-state index is 2.60. The highest BCUT2D eigenvalue weighted by Gasteiger charge is 2.44. The fourth-order valence-electron chi connectivity index (χ4n) is 11.2. The van der Waals surface area contributed by atoms with Gasteiger partial charge in [0.05, 0.1) is 11.4 Å². The summed E-state index contributed by atoms with van der Waals surface area (Å²) in [5, 5.41) is 15.4. The summed E-state index contributed by atoms with van der Waals surface area (Å²) in [6, 6.07) is 71.3. The molecule has 0 aliphatic carbocycles. The Morgan fingerprint density at radius 2 is 0.623 bits per heavy atom. The van der Waals surface area contributed by atoms with Crippen molar-refractivity contribution in [2.24, 2.45) is 0 Å². The Morgan fingerprint density at radius 3 is 1.00 bits per heavy atom. The molecule has 61 heavy (non-hydrogen) atoms. The Balaban J connectivity index is 1.17. The van der Waals surface area contributed by atoms with Gasteiger partial charge in [0.15, 0.2) is 0 Å². The molecule has 0 aromatic heterocycles. The normalized spacial score (nSPS) is 13.1. The number of benzene rings is 11. The summed E-state index contributed by atoms with van der Waals surface area (Å²) in [7, 11) is 0. The number of fused-ring (bicyclic) bond motifs is 16. The smallest absolute Gasteiger partial charge is 0.252 e. The molecule has 0 atom stereocenters. The minimum absolute atomic E-state index is 0.0572. The van der Waals surface area contributed by atoms with E-state index in [1.807, 2.05) is 0 Å².